The summed E-state index contributed by atoms with van der Waals surface area (Å²) in [6.07, 6.45) is 0. The number of carbonyl (C=O) groups excluding carboxylic acids is 4. The Bertz CT molecular complexity index is 1150. The van der Waals surface area contributed by atoms with Crippen molar-refractivity contribution in [2.24, 2.45) is 0 Å². The van der Waals surface area contributed by atoms with Crippen LogP contribution < -0.4 is 5.32 Å². The van der Waals surface area contributed by atoms with E-state index in [1.807, 2.05) is 36.4 Å². The van der Waals surface area contributed by atoms with Crippen molar-refractivity contribution < 1.29 is 23.9 Å². The Labute approximate surface area is 172 Å². The molecule has 0 bridgehead atoms. The highest BCUT2D eigenvalue weighted by atomic mass is 16.5. The van der Waals surface area contributed by atoms with Gasteiger partial charge in [0.2, 0.25) is 0 Å². The van der Waals surface area contributed by atoms with Crippen LogP contribution in [0.3, 0.4) is 0 Å². The summed E-state index contributed by atoms with van der Waals surface area (Å²) >= 11 is 0. The summed E-state index contributed by atoms with van der Waals surface area (Å²) in [4.78, 5) is 50.5. The quantitative estimate of drug-likeness (QED) is 0.523. The van der Waals surface area contributed by atoms with Gasteiger partial charge >= 0.3 is 5.97 Å². The molecule has 150 valence electrons. The van der Waals surface area contributed by atoms with Gasteiger partial charge in [-0.05, 0) is 30.5 Å². The lowest BCUT2D eigenvalue weighted by Crippen LogP contribution is -2.44. The van der Waals surface area contributed by atoms with Crippen LogP contribution in [0.5, 0.6) is 0 Å². The lowest BCUT2D eigenvalue weighted by atomic mass is 10.1. The Morgan fingerprint density at radius 2 is 1.50 bits per heavy atom. The molecule has 0 fully saturated rings. The molecule has 3 aromatic carbocycles. The Morgan fingerprint density at radius 1 is 0.900 bits per heavy atom. The van der Waals surface area contributed by atoms with Crippen LogP contribution in [0.25, 0.3) is 10.8 Å². The summed E-state index contributed by atoms with van der Waals surface area (Å²) in [6.45, 7) is 0.863. The van der Waals surface area contributed by atoms with Crippen molar-refractivity contribution >= 4 is 40.2 Å². The zero-order valence-corrected chi connectivity index (χ0v) is 16.1. The predicted octanol–water partition coefficient (Wildman–Crippen LogP) is 3.01. The van der Waals surface area contributed by atoms with E-state index in [0.717, 1.165) is 15.7 Å². The maximum absolute atomic E-state index is 12.5. The lowest BCUT2D eigenvalue weighted by Gasteiger charge is -2.20. The number of hydrogen-bond acceptors (Lipinski definition) is 5. The van der Waals surface area contributed by atoms with E-state index < -0.39 is 36.3 Å². The van der Waals surface area contributed by atoms with E-state index in [1.54, 1.807) is 18.2 Å². The molecule has 0 saturated heterocycles. The second-order valence-corrected chi connectivity index (χ2v) is 6.88. The van der Waals surface area contributed by atoms with Gasteiger partial charge < -0.3 is 10.1 Å². The molecule has 0 aromatic heterocycles. The number of carbonyl (C=O) groups is 4. The number of imide groups is 1. The van der Waals surface area contributed by atoms with Crippen molar-refractivity contribution in [2.75, 3.05) is 11.9 Å². The van der Waals surface area contributed by atoms with Gasteiger partial charge in [0.1, 0.15) is 6.04 Å². The van der Waals surface area contributed by atoms with Crippen molar-refractivity contribution in [2.45, 2.75) is 13.0 Å². The largest absolute Gasteiger partial charge is 0.454 e. The van der Waals surface area contributed by atoms with Crippen molar-refractivity contribution in [3.05, 3.63) is 77.9 Å². The van der Waals surface area contributed by atoms with E-state index in [-0.39, 0.29) is 11.1 Å². The Hall–Kier alpha value is -4.00. The number of anilines is 1. The number of hydrogen-bond donors (Lipinski definition) is 1. The van der Waals surface area contributed by atoms with Crippen LogP contribution in [0.4, 0.5) is 5.69 Å². The fourth-order valence-electron chi connectivity index (χ4n) is 3.44. The van der Waals surface area contributed by atoms with Crippen molar-refractivity contribution in [1.82, 2.24) is 4.90 Å². The molecule has 1 aliphatic heterocycles. The van der Waals surface area contributed by atoms with Crippen LogP contribution >= 0.6 is 0 Å². The van der Waals surface area contributed by atoms with Gasteiger partial charge in [-0.3, -0.25) is 19.3 Å². The molecule has 0 saturated carbocycles. The topological polar surface area (TPSA) is 92.8 Å². The van der Waals surface area contributed by atoms with Crippen LogP contribution in [0.1, 0.15) is 27.6 Å². The van der Waals surface area contributed by atoms with Crippen molar-refractivity contribution in [3.63, 3.8) is 0 Å². The van der Waals surface area contributed by atoms with E-state index in [0.29, 0.717) is 5.69 Å². The highest BCUT2D eigenvalue weighted by Gasteiger charge is 2.41. The molecule has 0 aliphatic carbocycles. The number of rotatable bonds is 5. The molecule has 0 radical (unpaired) electrons. The number of nitrogens with zero attached hydrogens (tertiary/aromatic N) is 1. The third kappa shape index (κ3) is 3.41. The molecule has 0 spiro atoms. The highest BCUT2D eigenvalue weighted by molar-refractivity contribution is 6.22. The van der Waals surface area contributed by atoms with Gasteiger partial charge in [-0.25, -0.2) is 4.79 Å². The van der Waals surface area contributed by atoms with E-state index in [1.165, 1.54) is 19.1 Å². The highest BCUT2D eigenvalue weighted by Crippen LogP contribution is 2.25. The molecule has 1 heterocycles. The number of fused-ring (bicyclic) bond motifs is 2. The number of benzene rings is 3. The van der Waals surface area contributed by atoms with E-state index in [4.69, 9.17) is 4.74 Å². The van der Waals surface area contributed by atoms with Gasteiger partial charge in [0.15, 0.2) is 6.61 Å². The van der Waals surface area contributed by atoms with Gasteiger partial charge in [0.25, 0.3) is 17.7 Å². The molecule has 3 aromatic rings. The lowest BCUT2D eigenvalue weighted by molar-refractivity contribution is -0.150. The molecule has 1 atom stereocenters. The average Bonchev–Trinajstić information content (AvgIpc) is 3.02. The third-order valence-electron chi connectivity index (χ3n) is 4.96. The summed E-state index contributed by atoms with van der Waals surface area (Å²) < 4.78 is 5.06. The van der Waals surface area contributed by atoms with Gasteiger partial charge in [0, 0.05) is 11.1 Å². The fourth-order valence-corrected chi connectivity index (χ4v) is 3.44. The predicted molar refractivity (Wildman–Crippen MR) is 110 cm³/mol. The maximum Gasteiger partial charge on any atom is 0.329 e. The van der Waals surface area contributed by atoms with E-state index >= 15 is 0 Å². The minimum absolute atomic E-state index is 0.246. The van der Waals surface area contributed by atoms with Gasteiger partial charge in [-0.15, -0.1) is 0 Å². The van der Waals surface area contributed by atoms with Crippen LogP contribution in [0.2, 0.25) is 0 Å². The normalized spacial score (nSPS) is 13.8. The number of nitrogens with one attached hydrogen (secondary N) is 1. The average molecular weight is 402 g/mol. The second kappa shape index (κ2) is 7.79. The first-order chi connectivity index (χ1) is 14.5. The molecule has 4 rings (SSSR count). The van der Waals surface area contributed by atoms with Crippen LogP contribution in [0, 0.1) is 0 Å². The first-order valence-corrected chi connectivity index (χ1v) is 9.38. The molecule has 7 nitrogen and oxygen atoms in total. The van der Waals surface area contributed by atoms with Crippen LogP contribution in [-0.2, 0) is 14.3 Å². The minimum Gasteiger partial charge on any atom is -0.454 e. The smallest absolute Gasteiger partial charge is 0.329 e. The minimum atomic E-state index is -1.15. The summed E-state index contributed by atoms with van der Waals surface area (Å²) in [5.41, 5.74) is 1.09. The van der Waals surface area contributed by atoms with Crippen LogP contribution in [-0.4, -0.2) is 41.2 Å². The summed E-state index contributed by atoms with van der Waals surface area (Å²) in [5, 5.41) is 4.54. The monoisotopic (exact) mass is 402 g/mol. The molecule has 30 heavy (non-hydrogen) atoms. The Morgan fingerprint density at radius 3 is 2.20 bits per heavy atom. The molecular weight excluding hydrogens is 384 g/mol. The fraction of sp³-hybridized carbons (Fsp3) is 0.130. The SMILES string of the molecule is C[C@@H](C(=O)OCC(=O)Nc1cccc2ccccc12)N1C(=O)c2ccccc2C1=O. The molecule has 3 amide bonds. The molecule has 7 heteroatoms. The van der Waals surface area contributed by atoms with Gasteiger partial charge in [-0.2, -0.15) is 0 Å². The number of amides is 3. The van der Waals surface area contributed by atoms with Crippen molar-refractivity contribution in [1.29, 1.82) is 0 Å². The summed E-state index contributed by atoms with van der Waals surface area (Å²) in [5.74, 6) is -2.47. The summed E-state index contributed by atoms with van der Waals surface area (Å²) in [6, 6.07) is 18.3. The summed E-state index contributed by atoms with van der Waals surface area (Å²) in [7, 11) is 0. The second-order valence-electron chi connectivity index (χ2n) is 6.88. The van der Waals surface area contributed by atoms with E-state index in [9.17, 15) is 19.2 Å². The zero-order valence-electron chi connectivity index (χ0n) is 16.1. The standard InChI is InChI=1S/C23H18N2O5/c1-14(25-21(27)17-10-4-5-11-18(17)22(25)28)23(29)30-13-20(26)24-19-12-6-8-15-7-2-3-9-16(15)19/h2-12,14H,13H2,1H3,(H,24,26)/t14-/m0/s1. The number of esters is 1. The van der Waals surface area contributed by atoms with Crippen molar-refractivity contribution in [3.8, 4) is 0 Å². The number of ether oxygens (including phenoxy) is 1. The van der Waals surface area contributed by atoms with Crippen LogP contribution in [0.15, 0.2) is 66.7 Å². The molecule has 0 unspecified atom stereocenters. The molecule has 1 aliphatic rings. The maximum atomic E-state index is 12.5. The molecule has 1 N–H and O–H groups in total. The Kier molecular flexibility index (Phi) is 5.02. The first-order valence-electron chi connectivity index (χ1n) is 9.38. The van der Waals surface area contributed by atoms with Gasteiger partial charge in [-0.1, -0.05) is 48.5 Å². The first kappa shape index (κ1) is 19.3. The van der Waals surface area contributed by atoms with Gasteiger partial charge in [0.05, 0.1) is 11.1 Å². The van der Waals surface area contributed by atoms with E-state index in [2.05, 4.69) is 5.32 Å². The third-order valence-corrected chi connectivity index (χ3v) is 4.96. The Balaban J connectivity index is 1.39. The zero-order chi connectivity index (χ0) is 21.3. The molecular formula is C23H18N2O5.